The third kappa shape index (κ3) is 3.32. The molecule has 0 spiro atoms. The number of fused-ring (bicyclic) bond motifs is 1. The van der Waals surface area contributed by atoms with Crippen molar-refractivity contribution >= 4 is 17.4 Å². The molecule has 1 aliphatic heterocycles. The first kappa shape index (κ1) is 16.3. The quantitative estimate of drug-likeness (QED) is 0.715. The van der Waals surface area contributed by atoms with E-state index in [1.165, 1.54) is 6.42 Å². The van der Waals surface area contributed by atoms with Gasteiger partial charge >= 0.3 is 0 Å². The molecule has 4 rings (SSSR count). The Hall–Kier alpha value is -2.19. The number of thioether (sulfide) groups is 1. The maximum absolute atomic E-state index is 12.2. The summed E-state index contributed by atoms with van der Waals surface area (Å²) < 4.78 is 3.61. The first-order valence-electron chi connectivity index (χ1n) is 8.42. The van der Waals surface area contributed by atoms with Gasteiger partial charge in [0.2, 0.25) is 0 Å². The molecule has 1 fully saturated rings. The van der Waals surface area contributed by atoms with Gasteiger partial charge in [-0.2, -0.15) is 0 Å². The highest BCUT2D eigenvalue weighted by atomic mass is 32.2. The van der Waals surface area contributed by atoms with Gasteiger partial charge < -0.3 is 9.88 Å². The smallest absolute Gasteiger partial charge is 0.258 e. The normalized spacial score (nSPS) is 17.9. The van der Waals surface area contributed by atoms with Crippen molar-refractivity contribution in [3.63, 3.8) is 0 Å². The third-order valence-corrected chi connectivity index (χ3v) is 5.56. The van der Waals surface area contributed by atoms with E-state index in [1.54, 1.807) is 28.4 Å². The SMILES string of the molecule is Cn1c(SCc2cc(=O)n3ccccc3n2)nnc1[C@@H]1CCCNC1. The highest BCUT2D eigenvalue weighted by Gasteiger charge is 2.21. The standard InChI is InChI=1S/C17H20N6OS/c1-22-16(12-5-4-7-18-10-12)20-21-17(22)25-11-13-9-15(24)23-8-3-2-6-14(23)19-13/h2-3,6,8-9,12,18H,4-5,7,10-11H2,1H3/t12-/m1/s1. The van der Waals surface area contributed by atoms with Crippen LogP contribution < -0.4 is 10.9 Å². The highest BCUT2D eigenvalue weighted by Crippen LogP contribution is 2.26. The van der Waals surface area contributed by atoms with Crippen molar-refractivity contribution < 1.29 is 0 Å². The molecule has 1 atom stereocenters. The summed E-state index contributed by atoms with van der Waals surface area (Å²) in [6.07, 6.45) is 4.05. The van der Waals surface area contributed by atoms with Crippen LogP contribution in [0.3, 0.4) is 0 Å². The van der Waals surface area contributed by atoms with Crippen molar-refractivity contribution in [2.24, 2.45) is 7.05 Å². The zero-order chi connectivity index (χ0) is 17.2. The van der Waals surface area contributed by atoms with Crippen LogP contribution in [0.1, 0.15) is 30.3 Å². The number of piperidine rings is 1. The minimum atomic E-state index is -0.0619. The summed E-state index contributed by atoms with van der Waals surface area (Å²) in [5.41, 5.74) is 1.36. The summed E-state index contributed by atoms with van der Waals surface area (Å²) in [5, 5.41) is 13.0. The molecular weight excluding hydrogens is 336 g/mol. The molecule has 0 aliphatic carbocycles. The lowest BCUT2D eigenvalue weighted by Crippen LogP contribution is -2.29. The summed E-state index contributed by atoms with van der Waals surface area (Å²) in [6, 6.07) is 7.13. The predicted molar refractivity (Wildman–Crippen MR) is 96.9 cm³/mol. The minimum Gasteiger partial charge on any atom is -0.316 e. The Morgan fingerprint density at radius 1 is 1.36 bits per heavy atom. The van der Waals surface area contributed by atoms with Gasteiger partial charge in [0.1, 0.15) is 11.5 Å². The topological polar surface area (TPSA) is 77.1 Å². The predicted octanol–water partition coefficient (Wildman–Crippen LogP) is 1.58. The third-order valence-electron chi connectivity index (χ3n) is 4.50. The van der Waals surface area contributed by atoms with Gasteiger partial charge in [-0.1, -0.05) is 17.8 Å². The second-order valence-corrected chi connectivity index (χ2v) is 7.19. The van der Waals surface area contributed by atoms with Crippen molar-refractivity contribution in [3.8, 4) is 0 Å². The van der Waals surface area contributed by atoms with Crippen molar-refractivity contribution in [3.05, 3.63) is 52.3 Å². The molecule has 0 aromatic carbocycles. The molecule has 4 heterocycles. The molecule has 3 aromatic heterocycles. The summed E-state index contributed by atoms with van der Waals surface area (Å²) in [5.74, 6) is 2.04. The van der Waals surface area contributed by atoms with Gasteiger partial charge in [0.05, 0.1) is 5.69 Å². The maximum atomic E-state index is 12.2. The van der Waals surface area contributed by atoms with Gasteiger partial charge in [0.15, 0.2) is 5.16 Å². The van der Waals surface area contributed by atoms with Crippen molar-refractivity contribution in [2.45, 2.75) is 29.7 Å². The molecule has 8 heteroatoms. The molecule has 7 nitrogen and oxygen atoms in total. The fourth-order valence-electron chi connectivity index (χ4n) is 3.20. The first-order valence-corrected chi connectivity index (χ1v) is 9.41. The molecule has 25 heavy (non-hydrogen) atoms. The molecule has 1 saturated heterocycles. The van der Waals surface area contributed by atoms with Crippen LogP contribution in [0.5, 0.6) is 0 Å². The molecular formula is C17H20N6OS. The van der Waals surface area contributed by atoms with Crippen LogP contribution in [0.15, 0.2) is 40.4 Å². The van der Waals surface area contributed by atoms with Gasteiger partial charge in [-0.3, -0.25) is 9.20 Å². The van der Waals surface area contributed by atoms with E-state index in [2.05, 4.69) is 25.1 Å². The van der Waals surface area contributed by atoms with Crippen molar-refractivity contribution in [1.82, 2.24) is 29.5 Å². The maximum Gasteiger partial charge on any atom is 0.258 e. The Morgan fingerprint density at radius 3 is 3.12 bits per heavy atom. The molecule has 0 radical (unpaired) electrons. The molecule has 0 bridgehead atoms. The van der Waals surface area contributed by atoms with E-state index in [0.29, 0.717) is 17.3 Å². The second kappa shape index (κ2) is 6.97. The molecule has 0 unspecified atom stereocenters. The van der Waals surface area contributed by atoms with E-state index >= 15 is 0 Å². The molecule has 1 aliphatic rings. The minimum absolute atomic E-state index is 0.0619. The Morgan fingerprint density at radius 2 is 2.28 bits per heavy atom. The Labute approximate surface area is 149 Å². The van der Waals surface area contributed by atoms with E-state index < -0.39 is 0 Å². The van der Waals surface area contributed by atoms with E-state index in [1.807, 2.05) is 25.2 Å². The summed E-state index contributed by atoms with van der Waals surface area (Å²) in [7, 11) is 2.01. The average molecular weight is 356 g/mol. The van der Waals surface area contributed by atoms with Gasteiger partial charge in [0.25, 0.3) is 5.56 Å². The summed E-state index contributed by atoms with van der Waals surface area (Å²) in [6.45, 7) is 2.04. The van der Waals surface area contributed by atoms with Gasteiger partial charge in [-0.25, -0.2) is 4.98 Å². The largest absolute Gasteiger partial charge is 0.316 e. The first-order chi connectivity index (χ1) is 12.2. The van der Waals surface area contributed by atoms with E-state index in [-0.39, 0.29) is 5.56 Å². The van der Waals surface area contributed by atoms with Crippen LogP contribution in [0.4, 0.5) is 0 Å². The van der Waals surface area contributed by atoms with Gasteiger partial charge in [0, 0.05) is 37.5 Å². The number of aromatic nitrogens is 5. The molecule has 0 saturated carbocycles. The van der Waals surface area contributed by atoms with Crippen molar-refractivity contribution in [1.29, 1.82) is 0 Å². The molecule has 130 valence electrons. The lowest BCUT2D eigenvalue weighted by Gasteiger charge is -2.21. The fraction of sp³-hybridized carbons (Fsp3) is 0.412. The fourth-order valence-corrected chi connectivity index (χ4v) is 4.01. The van der Waals surface area contributed by atoms with E-state index in [9.17, 15) is 4.79 Å². The van der Waals surface area contributed by atoms with Gasteiger partial charge in [-0.15, -0.1) is 10.2 Å². The van der Waals surface area contributed by atoms with Crippen LogP contribution in [0.2, 0.25) is 0 Å². The zero-order valence-electron chi connectivity index (χ0n) is 14.1. The lowest BCUT2D eigenvalue weighted by atomic mass is 9.99. The monoisotopic (exact) mass is 356 g/mol. The Kier molecular flexibility index (Phi) is 4.54. The van der Waals surface area contributed by atoms with Crippen LogP contribution in [-0.2, 0) is 12.8 Å². The highest BCUT2D eigenvalue weighted by molar-refractivity contribution is 7.98. The van der Waals surface area contributed by atoms with Crippen molar-refractivity contribution in [2.75, 3.05) is 13.1 Å². The summed E-state index contributed by atoms with van der Waals surface area (Å²) >= 11 is 1.56. The lowest BCUT2D eigenvalue weighted by molar-refractivity contribution is 0.436. The number of nitrogens with zero attached hydrogens (tertiary/aromatic N) is 5. The number of rotatable bonds is 4. The number of hydrogen-bond donors (Lipinski definition) is 1. The second-order valence-electron chi connectivity index (χ2n) is 6.25. The molecule has 0 amide bonds. The van der Waals surface area contributed by atoms with E-state index in [4.69, 9.17) is 0 Å². The van der Waals surface area contributed by atoms with Gasteiger partial charge in [-0.05, 0) is 31.5 Å². The van der Waals surface area contributed by atoms with Crippen LogP contribution in [-0.4, -0.2) is 37.2 Å². The Bertz CT molecular complexity index is 944. The zero-order valence-corrected chi connectivity index (χ0v) is 14.9. The number of nitrogens with one attached hydrogen (secondary N) is 1. The van der Waals surface area contributed by atoms with Crippen LogP contribution >= 0.6 is 11.8 Å². The molecule has 3 aromatic rings. The molecule has 1 N–H and O–H groups in total. The Balaban J connectivity index is 1.52. The average Bonchev–Trinajstić information content (AvgIpc) is 3.01. The summed E-state index contributed by atoms with van der Waals surface area (Å²) in [4.78, 5) is 16.7. The van der Waals surface area contributed by atoms with Crippen LogP contribution in [0, 0.1) is 0 Å². The number of hydrogen-bond acceptors (Lipinski definition) is 6. The van der Waals surface area contributed by atoms with Crippen LogP contribution in [0.25, 0.3) is 5.65 Å². The number of pyridine rings is 1. The van der Waals surface area contributed by atoms with E-state index in [0.717, 1.165) is 36.2 Å².